The zero-order valence-corrected chi connectivity index (χ0v) is 88.2. The van der Waals surface area contributed by atoms with Gasteiger partial charge in [0.25, 0.3) is 0 Å². The third kappa shape index (κ3) is 28.5. The van der Waals surface area contributed by atoms with E-state index in [2.05, 4.69) is 85.8 Å². The summed E-state index contributed by atoms with van der Waals surface area (Å²) in [4.78, 5) is 114. The summed E-state index contributed by atoms with van der Waals surface area (Å²) in [7, 11) is 0. The molecule has 13 aromatic rings. The molecule has 786 valence electrons. The van der Waals surface area contributed by atoms with Gasteiger partial charge in [-0.05, 0) is 339 Å². The number of aromatic nitrogens is 12. The number of aryl methyl sites for hydroxylation is 6. The number of alkyl halides is 3. The second-order valence-corrected chi connectivity index (χ2v) is 44.4. The second kappa shape index (κ2) is 44.3. The molecular weight excluding hydrogens is 1910 g/mol. The number of imidazole rings is 6. The molecule has 0 aliphatic heterocycles. The number of carbonyl (C=O) groups excluding carboxylic acids is 6. The Bertz CT molecular complexity index is 7140. The molecule has 0 bridgehead atoms. The number of amides is 6. The molecule has 6 heterocycles. The Hall–Kier alpha value is -14.5. The van der Waals surface area contributed by atoms with Crippen molar-refractivity contribution >= 4 is 160 Å². The molecule has 0 radical (unpaired) electrons. The number of carbonyl (C=O) groups is 6. The fourth-order valence-electron chi connectivity index (χ4n) is 17.2. The number of nitrogens with zero attached hydrogens (tertiary/aromatic N) is 16. The molecule has 1 atom stereocenters. The van der Waals surface area contributed by atoms with E-state index >= 15 is 0 Å². The highest BCUT2D eigenvalue weighted by Gasteiger charge is 2.51. The number of anilines is 6. The van der Waals surface area contributed by atoms with Gasteiger partial charge in [0.2, 0.25) is 71.1 Å². The molecule has 148 heavy (non-hydrogen) atoms. The summed E-state index contributed by atoms with van der Waals surface area (Å²) in [6, 6.07) is 26.7. The van der Waals surface area contributed by atoms with E-state index in [1.807, 2.05) is 155 Å². The van der Waals surface area contributed by atoms with Crippen LogP contribution in [0.2, 0.25) is 0 Å². The highest BCUT2D eigenvalue weighted by atomic mass is 19.4. The minimum absolute atomic E-state index is 0.0134. The van der Waals surface area contributed by atoms with Gasteiger partial charge in [0.1, 0.15) is 28.5 Å². The standard InChI is InChI=1S/C20H16F4N4O2.C19H24N4O.2C18H24N4O2.2C17H22FN3O2/c1-11-8-15-16(9-14(11)25-3)28(13-6-4-12(21)5-7-13)18(26-15)27-17(29)10-19(2,30)20(22,23)24;1-12-9-15-16(10-14(12)20-5)23(13-7-6-8-13)18(21-15)22-17(24)11-19(2,3)4;2*1-11-8-13-14(9-12(11)19-7)22(17(2,3)4)16(20-13)21-15(23)10-18(5,6)24;2*1-10-7-12(18)15-13(8-10)19-16(21(15)11-5-4-6-11)20-14(22)9-17(2,3)23/h4-9,30H,10H2,1-2H3,(H,26,27,29);9-10,13H,6-8,11H2,1-4H3,(H,21,22,24);2*8-9,24H,10H2,1-6H3,(H,20,21,23);2*7-8,11,23H,4-6,9H2,1-3H3,(H,19,20,22). The number of nitrogens with one attached hydrogen (secondary N) is 6. The number of halogens is 6. The first-order valence-corrected chi connectivity index (χ1v) is 48.8. The van der Waals surface area contributed by atoms with Crippen molar-refractivity contribution in [3.05, 3.63) is 194 Å². The monoisotopic (exact) mass is 2040 g/mol. The predicted molar refractivity (Wildman–Crippen MR) is 563 cm³/mol. The fraction of sp³-hybridized carbons (Fsp3) is 0.468. The lowest BCUT2D eigenvalue weighted by atomic mass is 9.92. The minimum atomic E-state index is -5.00. The average Bonchev–Trinajstić information content (AvgIpc) is 1.67. The first kappa shape index (κ1) is 114. The summed E-state index contributed by atoms with van der Waals surface area (Å²) >= 11 is 0. The normalized spacial score (nSPS) is 14.1. The topological polar surface area (TPSA) is 400 Å². The van der Waals surface area contributed by atoms with Crippen LogP contribution < -0.4 is 31.9 Å². The molecule has 16 rings (SSSR count). The van der Waals surface area contributed by atoms with Crippen LogP contribution in [-0.4, -0.2) is 152 Å². The Labute approximate surface area is 856 Å². The van der Waals surface area contributed by atoms with Gasteiger partial charge in [0.15, 0.2) is 28.4 Å². The zero-order valence-electron chi connectivity index (χ0n) is 88.2. The van der Waals surface area contributed by atoms with Crippen molar-refractivity contribution in [1.29, 1.82) is 0 Å². The third-order valence-electron chi connectivity index (χ3n) is 24.6. The van der Waals surface area contributed by atoms with Crippen molar-refractivity contribution in [2.24, 2.45) is 5.41 Å². The largest absolute Gasteiger partial charge is 0.417 e. The summed E-state index contributed by atoms with van der Waals surface area (Å²) in [5.41, 5.74) is 6.62. The molecule has 1 unspecified atom stereocenters. The first-order valence-electron chi connectivity index (χ1n) is 48.8. The molecule has 6 aromatic heterocycles. The van der Waals surface area contributed by atoms with Crippen molar-refractivity contribution in [2.75, 3.05) is 31.9 Å². The summed E-state index contributed by atoms with van der Waals surface area (Å²) < 4.78 is 91.9. The van der Waals surface area contributed by atoms with Crippen LogP contribution in [0.1, 0.15) is 272 Å². The van der Waals surface area contributed by atoms with Crippen molar-refractivity contribution < 1.29 is 80.6 Å². The lowest BCUT2D eigenvalue weighted by Gasteiger charge is -2.29. The second-order valence-electron chi connectivity index (χ2n) is 44.4. The molecular formula is C109H132F6N22O11. The minimum Gasteiger partial charge on any atom is -0.390 e. The summed E-state index contributed by atoms with van der Waals surface area (Å²) in [5, 5.41) is 65.1. The van der Waals surface area contributed by atoms with Crippen LogP contribution in [0.5, 0.6) is 0 Å². The van der Waals surface area contributed by atoms with Gasteiger partial charge in [0.05, 0.1) is 136 Å². The number of fused-ring (bicyclic) bond motifs is 6. The number of rotatable bonds is 21. The lowest BCUT2D eigenvalue weighted by Crippen LogP contribution is -2.45. The fourth-order valence-corrected chi connectivity index (χ4v) is 17.2. The number of hydrogen-bond donors (Lipinski definition) is 11. The van der Waals surface area contributed by atoms with Gasteiger partial charge in [-0.1, -0.05) is 20.8 Å². The first-order chi connectivity index (χ1) is 68.5. The molecule has 3 aliphatic carbocycles. The summed E-state index contributed by atoms with van der Waals surface area (Å²) in [6.45, 7) is 71.6. The van der Waals surface area contributed by atoms with Crippen LogP contribution in [0.4, 0.5) is 84.8 Å². The van der Waals surface area contributed by atoms with E-state index in [9.17, 15) is 80.6 Å². The maximum absolute atomic E-state index is 14.4. The van der Waals surface area contributed by atoms with Crippen LogP contribution in [0.25, 0.3) is 91.3 Å². The zero-order chi connectivity index (χ0) is 110. The van der Waals surface area contributed by atoms with Crippen LogP contribution >= 0.6 is 0 Å². The van der Waals surface area contributed by atoms with Crippen LogP contribution in [0, 0.1) is 90.7 Å². The maximum atomic E-state index is 14.4. The van der Waals surface area contributed by atoms with Crippen LogP contribution in [0.3, 0.4) is 0 Å². The van der Waals surface area contributed by atoms with E-state index in [1.54, 1.807) is 77.5 Å². The summed E-state index contributed by atoms with van der Waals surface area (Å²) in [5.74, 6) is -1.46. The van der Waals surface area contributed by atoms with Gasteiger partial charge >= 0.3 is 6.18 Å². The lowest BCUT2D eigenvalue weighted by molar-refractivity contribution is -0.253. The number of hydrogen-bond acceptors (Lipinski definition) is 17. The smallest absolute Gasteiger partial charge is 0.390 e. The average molecular weight is 2040 g/mol. The molecule has 11 N–H and O–H groups in total. The van der Waals surface area contributed by atoms with E-state index in [1.165, 1.54) is 53.5 Å². The van der Waals surface area contributed by atoms with Gasteiger partial charge in [-0.15, -0.1) is 0 Å². The van der Waals surface area contributed by atoms with Gasteiger partial charge < -0.3 is 48.4 Å². The molecule has 39 heteroatoms. The van der Waals surface area contributed by atoms with Crippen molar-refractivity contribution in [3.63, 3.8) is 0 Å². The Kier molecular flexibility index (Phi) is 34.1. The molecule has 3 aliphatic rings. The molecule has 33 nitrogen and oxygen atoms in total. The van der Waals surface area contributed by atoms with Gasteiger partial charge in [-0.25, -0.2) is 62.5 Å². The van der Waals surface area contributed by atoms with E-state index in [0.717, 1.165) is 112 Å². The Balaban J connectivity index is 0.000000169. The molecule has 3 saturated carbocycles. The summed E-state index contributed by atoms with van der Waals surface area (Å²) in [6.07, 6.45) is 3.46. The number of benzene rings is 7. The van der Waals surface area contributed by atoms with E-state index in [-0.39, 0.29) is 101 Å². The quantitative estimate of drug-likeness (QED) is 0.0235. The maximum Gasteiger partial charge on any atom is 0.417 e. The van der Waals surface area contributed by atoms with E-state index in [0.29, 0.717) is 116 Å². The molecule has 3 fully saturated rings. The van der Waals surface area contributed by atoms with Gasteiger partial charge in [-0.3, -0.25) is 65.2 Å². The van der Waals surface area contributed by atoms with Crippen molar-refractivity contribution in [1.82, 2.24) is 57.3 Å². The van der Waals surface area contributed by atoms with Crippen LogP contribution in [-0.2, 0) is 39.8 Å². The molecule has 7 aromatic carbocycles. The Morgan fingerprint density at radius 1 is 0.345 bits per heavy atom. The third-order valence-corrected chi connectivity index (χ3v) is 24.6. The highest BCUT2D eigenvalue weighted by Crippen LogP contribution is 2.45. The Morgan fingerprint density at radius 2 is 0.615 bits per heavy atom. The molecule has 0 spiro atoms. The van der Waals surface area contributed by atoms with Crippen molar-refractivity contribution in [3.8, 4) is 5.69 Å². The molecule has 6 amide bonds. The van der Waals surface area contributed by atoms with Gasteiger partial charge in [-0.2, -0.15) is 13.2 Å². The number of aliphatic hydroxyl groups is 5. The Morgan fingerprint density at radius 3 is 0.926 bits per heavy atom. The predicted octanol–water partition coefficient (Wildman–Crippen LogP) is 23.8. The van der Waals surface area contributed by atoms with E-state index < -0.39 is 52.3 Å². The van der Waals surface area contributed by atoms with Gasteiger partial charge in [0, 0.05) is 41.3 Å². The van der Waals surface area contributed by atoms with E-state index in [4.69, 9.17) is 26.3 Å². The SMILES string of the molecule is Cc1cc(F)c2c(c1)nc(NC(=O)CC(C)(C)O)n2C1CCC1.Cc1cc(F)c2c(c1)nc(NC(=O)CC(C)(C)O)n2C1CCC1.[C-]#[N+]c1cc2c(cc1C)nc(NC(=O)CC(C)(C)C)n2C1CCC1.[C-]#[N+]c1cc2c(cc1C)nc(NC(=O)CC(C)(C)O)n2C(C)(C)C.[C-]#[N+]c1cc2c(cc1C)nc(NC(=O)CC(C)(C)O)n2C(C)(C)C.[C-]#[N+]c1cc2c(cc1C)nc(NC(=O)CC(C)(O)C(F)(F)F)n2-c1ccc(F)cc1. The van der Waals surface area contributed by atoms with Crippen LogP contribution in [0.15, 0.2) is 97.1 Å². The molecule has 0 saturated heterocycles. The highest BCUT2D eigenvalue weighted by molar-refractivity contribution is 5.99. The van der Waals surface area contributed by atoms with Crippen molar-refractivity contribution in [2.45, 2.75) is 326 Å².